The Morgan fingerprint density at radius 1 is 1.29 bits per heavy atom. The summed E-state index contributed by atoms with van der Waals surface area (Å²) in [5, 5.41) is 10.3. The van der Waals surface area contributed by atoms with E-state index >= 15 is 0 Å². The second-order valence-corrected chi connectivity index (χ2v) is 3.84. The van der Waals surface area contributed by atoms with Gasteiger partial charge in [-0.2, -0.15) is 13.2 Å². The molecule has 0 aromatic heterocycles. The highest BCUT2D eigenvalue weighted by Gasteiger charge is 2.34. The van der Waals surface area contributed by atoms with E-state index < -0.39 is 42.5 Å². The molecule has 0 aliphatic rings. The fraction of sp³-hybridized carbons (Fsp3) is 0.333. The first-order chi connectivity index (χ1) is 9.74. The number of carbonyl (C=O) groups excluding carboxylic acids is 1. The summed E-state index contributed by atoms with van der Waals surface area (Å²) in [6.45, 7) is -1.39. The molecule has 0 heterocycles. The van der Waals surface area contributed by atoms with Crippen molar-refractivity contribution in [3.8, 4) is 5.75 Å². The topological polar surface area (TPSA) is 84.9 Å². The van der Waals surface area contributed by atoms with E-state index in [1.165, 1.54) is 13.2 Å². The largest absolute Gasteiger partial charge is 0.497 e. The third-order valence-electron chi connectivity index (χ3n) is 2.26. The normalized spacial score (nSPS) is 11.0. The summed E-state index contributed by atoms with van der Waals surface area (Å²) in [6, 6.07) is 3.04. The van der Waals surface area contributed by atoms with Crippen molar-refractivity contribution < 1.29 is 37.3 Å². The van der Waals surface area contributed by atoms with Gasteiger partial charge < -0.3 is 19.9 Å². The van der Waals surface area contributed by atoms with Gasteiger partial charge in [-0.3, -0.25) is 4.79 Å². The Balaban J connectivity index is 2.82. The fourth-order valence-electron chi connectivity index (χ4n) is 1.41. The van der Waals surface area contributed by atoms with Crippen LogP contribution in [0, 0.1) is 0 Å². The maximum Gasteiger partial charge on any atom is 0.418 e. The van der Waals surface area contributed by atoms with E-state index in [4.69, 9.17) is 9.84 Å². The number of hydrogen-bond donors (Lipinski definition) is 2. The van der Waals surface area contributed by atoms with Crippen LogP contribution in [0.3, 0.4) is 0 Å². The fourth-order valence-corrected chi connectivity index (χ4v) is 1.41. The molecule has 0 aliphatic heterocycles. The van der Waals surface area contributed by atoms with Crippen molar-refractivity contribution in [3.05, 3.63) is 23.8 Å². The summed E-state index contributed by atoms with van der Waals surface area (Å²) in [6.07, 6.45) is -4.68. The Bertz CT molecular complexity index is 530. The Kier molecular flexibility index (Phi) is 5.53. The zero-order chi connectivity index (χ0) is 16.0. The van der Waals surface area contributed by atoms with Crippen molar-refractivity contribution in [1.82, 2.24) is 0 Å². The molecule has 9 heteroatoms. The average Bonchev–Trinajstić information content (AvgIpc) is 2.37. The SMILES string of the molecule is COc1ccc(NC(=O)COCC(=O)O)c(C(F)(F)F)c1. The molecule has 6 nitrogen and oxygen atoms in total. The average molecular weight is 307 g/mol. The van der Waals surface area contributed by atoms with Crippen LogP contribution in [0.15, 0.2) is 18.2 Å². The van der Waals surface area contributed by atoms with Crippen LogP contribution in [0.2, 0.25) is 0 Å². The van der Waals surface area contributed by atoms with Crippen molar-refractivity contribution >= 4 is 17.6 Å². The van der Waals surface area contributed by atoms with Gasteiger partial charge in [0.05, 0.1) is 18.4 Å². The Morgan fingerprint density at radius 3 is 2.48 bits per heavy atom. The summed E-state index contributed by atoms with van der Waals surface area (Å²) in [4.78, 5) is 21.6. The minimum Gasteiger partial charge on any atom is -0.497 e. The number of alkyl halides is 3. The zero-order valence-corrected chi connectivity index (χ0v) is 10.9. The summed E-state index contributed by atoms with van der Waals surface area (Å²) in [7, 11) is 1.22. The molecule has 1 aromatic carbocycles. The number of ether oxygens (including phenoxy) is 2. The highest BCUT2D eigenvalue weighted by molar-refractivity contribution is 5.92. The first kappa shape index (κ1) is 16.8. The number of halogens is 3. The predicted molar refractivity (Wildman–Crippen MR) is 65.1 cm³/mol. The molecule has 0 saturated carbocycles. The lowest BCUT2D eigenvalue weighted by atomic mass is 10.1. The molecule has 0 atom stereocenters. The van der Waals surface area contributed by atoms with E-state index in [2.05, 4.69) is 4.74 Å². The van der Waals surface area contributed by atoms with Crippen molar-refractivity contribution in [1.29, 1.82) is 0 Å². The molecule has 1 rings (SSSR count). The van der Waals surface area contributed by atoms with Crippen LogP contribution < -0.4 is 10.1 Å². The minimum atomic E-state index is -4.68. The molecule has 0 unspecified atom stereocenters. The third kappa shape index (κ3) is 5.30. The number of hydrogen-bond acceptors (Lipinski definition) is 4. The number of carbonyl (C=O) groups is 2. The van der Waals surface area contributed by atoms with Gasteiger partial charge in [-0.05, 0) is 18.2 Å². The van der Waals surface area contributed by atoms with E-state index in [-0.39, 0.29) is 5.75 Å². The number of benzene rings is 1. The van der Waals surface area contributed by atoms with Crippen LogP contribution in [-0.2, 0) is 20.5 Å². The van der Waals surface area contributed by atoms with E-state index in [0.717, 1.165) is 12.1 Å². The highest BCUT2D eigenvalue weighted by atomic mass is 19.4. The first-order valence-corrected chi connectivity index (χ1v) is 5.58. The second-order valence-electron chi connectivity index (χ2n) is 3.84. The maximum absolute atomic E-state index is 12.9. The smallest absolute Gasteiger partial charge is 0.418 e. The number of methoxy groups -OCH3 is 1. The van der Waals surface area contributed by atoms with Gasteiger partial charge in [-0.25, -0.2) is 4.79 Å². The van der Waals surface area contributed by atoms with E-state index in [1.807, 2.05) is 5.32 Å². The highest BCUT2D eigenvalue weighted by Crippen LogP contribution is 2.37. The molecule has 0 saturated heterocycles. The van der Waals surface area contributed by atoms with Crippen LogP contribution in [0.25, 0.3) is 0 Å². The lowest BCUT2D eigenvalue weighted by Crippen LogP contribution is -2.22. The summed E-state index contributed by atoms with van der Waals surface area (Å²) >= 11 is 0. The number of carboxylic acid groups (broad SMARTS) is 1. The predicted octanol–water partition coefficient (Wildman–Crippen LogP) is 1.75. The van der Waals surface area contributed by atoms with Gasteiger partial charge in [-0.1, -0.05) is 0 Å². The van der Waals surface area contributed by atoms with Gasteiger partial charge in [0.1, 0.15) is 19.0 Å². The number of nitrogens with one attached hydrogen (secondary N) is 1. The molecule has 0 spiro atoms. The van der Waals surface area contributed by atoms with Crippen molar-refractivity contribution in [3.63, 3.8) is 0 Å². The van der Waals surface area contributed by atoms with Gasteiger partial charge in [0.15, 0.2) is 0 Å². The maximum atomic E-state index is 12.9. The van der Waals surface area contributed by atoms with Gasteiger partial charge in [0, 0.05) is 0 Å². The lowest BCUT2D eigenvalue weighted by Gasteiger charge is -2.15. The number of rotatable bonds is 6. The molecular weight excluding hydrogens is 295 g/mol. The number of carboxylic acids is 1. The Labute approximate surface area is 117 Å². The molecule has 0 bridgehead atoms. The van der Waals surface area contributed by atoms with Gasteiger partial charge in [0.2, 0.25) is 5.91 Å². The summed E-state index contributed by atoms with van der Waals surface area (Å²) in [5.41, 5.74) is -1.54. The van der Waals surface area contributed by atoms with Gasteiger partial charge in [-0.15, -0.1) is 0 Å². The molecule has 21 heavy (non-hydrogen) atoms. The van der Waals surface area contributed by atoms with Crippen molar-refractivity contribution in [2.24, 2.45) is 0 Å². The summed E-state index contributed by atoms with van der Waals surface area (Å²) in [5.74, 6) is -2.20. The zero-order valence-electron chi connectivity index (χ0n) is 10.9. The first-order valence-electron chi connectivity index (χ1n) is 5.58. The molecule has 116 valence electrons. The van der Waals surface area contributed by atoms with E-state index in [0.29, 0.717) is 0 Å². The summed E-state index contributed by atoms with van der Waals surface area (Å²) < 4.78 is 47.8. The van der Waals surface area contributed by atoms with Gasteiger partial charge >= 0.3 is 12.1 Å². The molecule has 1 aromatic rings. The molecule has 2 N–H and O–H groups in total. The van der Waals surface area contributed by atoms with Gasteiger partial charge in [0.25, 0.3) is 0 Å². The minimum absolute atomic E-state index is 0.0116. The third-order valence-corrected chi connectivity index (χ3v) is 2.26. The van der Waals surface area contributed by atoms with E-state index in [1.54, 1.807) is 0 Å². The van der Waals surface area contributed by atoms with Crippen molar-refractivity contribution in [2.75, 3.05) is 25.6 Å². The van der Waals surface area contributed by atoms with Crippen molar-refractivity contribution in [2.45, 2.75) is 6.18 Å². The molecule has 0 radical (unpaired) electrons. The Morgan fingerprint density at radius 2 is 1.95 bits per heavy atom. The lowest BCUT2D eigenvalue weighted by molar-refractivity contribution is -0.143. The standard InChI is InChI=1S/C12H12F3NO5/c1-20-7-2-3-9(8(4-7)12(13,14)15)16-10(17)5-21-6-11(18)19/h2-4H,5-6H2,1H3,(H,16,17)(H,18,19). The number of amides is 1. The molecule has 1 amide bonds. The number of aliphatic carboxylic acids is 1. The van der Waals surface area contributed by atoms with Crippen LogP contribution in [0.4, 0.5) is 18.9 Å². The monoisotopic (exact) mass is 307 g/mol. The van der Waals surface area contributed by atoms with Crippen LogP contribution in [0.5, 0.6) is 5.75 Å². The van der Waals surface area contributed by atoms with Crippen LogP contribution in [0.1, 0.15) is 5.56 Å². The quantitative estimate of drug-likeness (QED) is 0.836. The molecule has 0 aliphatic carbocycles. The molecular formula is C12H12F3NO5. The van der Waals surface area contributed by atoms with Crippen LogP contribution >= 0.6 is 0 Å². The Hall–Kier alpha value is -2.29. The second kappa shape index (κ2) is 6.93. The van der Waals surface area contributed by atoms with Crippen LogP contribution in [-0.4, -0.2) is 37.3 Å². The molecule has 0 fully saturated rings. The van der Waals surface area contributed by atoms with E-state index in [9.17, 15) is 22.8 Å². The number of anilines is 1.